The highest BCUT2D eigenvalue weighted by atomic mass is 79.9. The Morgan fingerprint density at radius 1 is 1.26 bits per heavy atom. The Balaban J connectivity index is 1.61. The average molecular weight is 545 g/mol. The van der Waals surface area contributed by atoms with Crippen LogP contribution in [0.5, 0.6) is 0 Å². The fourth-order valence-corrected chi connectivity index (χ4v) is 6.36. The molecule has 11 heteroatoms. The lowest BCUT2D eigenvalue weighted by Crippen LogP contribution is -2.53. The normalized spacial score (nSPS) is 20.4. The molecule has 0 saturated carbocycles. The van der Waals surface area contributed by atoms with Crippen LogP contribution < -0.4 is 5.32 Å². The summed E-state index contributed by atoms with van der Waals surface area (Å²) in [5.74, 6) is -0.994. The molecular formula is C20H16BrClFN3O3S2. The van der Waals surface area contributed by atoms with Gasteiger partial charge in [0.25, 0.3) is 10.9 Å². The van der Waals surface area contributed by atoms with E-state index in [2.05, 4.69) is 26.2 Å². The second-order valence-corrected chi connectivity index (χ2v) is 11.5. The molecule has 31 heavy (non-hydrogen) atoms. The van der Waals surface area contributed by atoms with Gasteiger partial charge in [-0.15, -0.1) is 0 Å². The fraction of sp³-hybridized carbons (Fsp3) is 0.200. The zero-order valence-corrected chi connectivity index (χ0v) is 19.9. The third-order valence-electron chi connectivity index (χ3n) is 4.84. The molecule has 0 spiro atoms. The van der Waals surface area contributed by atoms with E-state index in [0.717, 1.165) is 17.0 Å². The van der Waals surface area contributed by atoms with Gasteiger partial charge in [0, 0.05) is 22.3 Å². The largest absolute Gasteiger partial charge is 0.346 e. The Kier molecular flexibility index (Phi) is 6.08. The van der Waals surface area contributed by atoms with Crippen molar-refractivity contribution < 1.29 is 17.6 Å². The van der Waals surface area contributed by atoms with Crippen molar-refractivity contribution >= 4 is 65.3 Å². The van der Waals surface area contributed by atoms with Crippen LogP contribution in [-0.4, -0.2) is 43.1 Å². The van der Waals surface area contributed by atoms with Crippen LogP contribution in [0.1, 0.15) is 15.4 Å². The Bertz CT molecular complexity index is 1240. The van der Waals surface area contributed by atoms with Crippen LogP contribution in [-0.2, 0) is 14.8 Å². The molecule has 0 radical (unpaired) electrons. The van der Waals surface area contributed by atoms with Crippen molar-refractivity contribution in [3.63, 3.8) is 0 Å². The smallest absolute Gasteiger partial charge is 0.278 e. The van der Waals surface area contributed by atoms with Gasteiger partial charge in [-0.1, -0.05) is 41.1 Å². The van der Waals surface area contributed by atoms with E-state index in [1.165, 1.54) is 17.2 Å². The van der Waals surface area contributed by atoms with Crippen LogP contribution in [0.2, 0.25) is 5.02 Å². The number of hydrogen-bond acceptors (Lipinski definition) is 6. The Morgan fingerprint density at radius 3 is 2.71 bits per heavy atom. The summed E-state index contributed by atoms with van der Waals surface area (Å²) in [5, 5.41) is 0.902. The third kappa shape index (κ3) is 4.34. The highest BCUT2D eigenvalue weighted by Crippen LogP contribution is 2.41. The molecule has 0 bridgehead atoms. The second-order valence-electron chi connectivity index (χ2n) is 6.92. The highest BCUT2D eigenvalue weighted by Gasteiger charge is 2.53. The van der Waals surface area contributed by atoms with E-state index in [1.807, 2.05) is 30.3 Å². The molecule has 4 rings (SSSR count). The van der Waals surface area contributed by atoms with Crippen LogP contribution in [0.15, 0.2) is 59.2 Å². The van der Waals surface area contributed by atoms with Crippen LogP contribution in [0.3, 0.4) is 0 Å². The number of carbonyl (C=O) groups excluding carboxylic acids is 1. The van der Waals surface area contributed by atoms with Gasteiger partial charge in [-0.05, 0) is 46.3 Å². The van der Waals surface area contributed by atoms with Crippen LogP contribution >= 0.6 is 38.9 Å². The van der Waals surface area contributed by atoms with Crippen molar-refractivity contribution in [2.45, 2.75) is 5.00 Å². The molecule has 1 aliphatic heterocycles. The Hall–Kier alpha value is -2.01. The number of hydrogen-bond donors (Lipinski definition) is 1. The van der Waals surface area contributed by atoms with Crippen molar-refractivity contribution in [3.8, 4) is 0 Å². The number of alkyl halides is 1. The summed E-state index contributed by atoms with van der Waals surface area (Å²) in [6.07, 6.45) is 1.39. The lowest BCUT2D eigenvalue weighted by molar-refractivity contribution is 0.0666. The minimum absolute atomic E-state index is 0.110. The molecule has 162 valence electrons. The maximum Gasteiger partial charge on any atom is 0.278 e. The zero-order valence-electron chi connectivity index (χ0n) is 15.9. The molecule has 2 aromatic carbocycles. The monoisotopic (exact) mass is 543 g/mol. The average Bonchev–Trinajstić information content (AvgIpc) is 3.21. The number of sulfone groups is 1. The van der Waals surface area contributed by atoms with Crippen molar-refractivity contribution in [1.82, 2.24) is 9.88 Å². The summed E-state index contributed by atoms with van der Waals surface area (Å²) >= 11 is 10.2. The maximum atomic E-state index is 16.0. The number of para-hydroxylation sites is 1. The molecule has 1 aromatic heterocycles. The molecule has 1 aliphatic rings. The van der Waals surface area contributed by atoms with Gasteiger partial charge < -0.3 is 10.2 Å². The van der Waals surface area contributed by atoms with E-state index in [1.54, 1.807) is 12.1 Å². The Labute approximate surface area is 196 Å². The Morgan fingerprint density at radius 2 is 2.00 bits per heavy atom. The van der Waals surface area contributed by atoms with Crippen LogP contribution in [0.25, 0.3) is 0 Å². The molecule has 1 amide bonds. The third-order valence-corrected chi connectivity index (χ3v) is 9.28. The van der Waals surface area contributed by atoms with Gasteiger partial charge in [-0.3, -0.25) is 4.79 Å². The number of nitrogens with zero attached hydrogens (tertiary/aromatic N) is 2. The van der Waals surface area contributed by atoms with Gasteiger partial charge in [-0.2, -0.15) is 0 Å². The number of halogens is 3. The molecule has 1 N–H and O–H groups in total. The molecular weight excluding hydrogens is 529 g/mol. The number of carbonyl (C=O) groups is 1. The first-order chi connectivity index (χ1) is 14.7. The van der Waals surface area contributed by atoms with Crippen molar-refractivity contribution in [2.24, 2.45) is 0 Å². The van der Waals surface area contributed by atoms with Gasteiger partial charge in [0.1, 0.15) is 10.0 Å². The molecule has 0 unspecified atom stereocenters. The van der Waals surface area contributed by atoms with Gasteiger partial charge in [0.15, 0.2) is 9.84 Å². The molecule has 6 nitrogen and oxygen atoms in total. The molecule has 1 fully saturated rings. The SMILES string of the molecule is O=C(c1ccc(Br)c(Cl)c1)N1CCS(=O)(=O)[C@@](F)(c2ncc(Nc3ccccc3)s2)C1. The highest BCUT2D eigenvalue weighted by molar-refractivity contribution is 9.10. The number of anilines is 2. The number of thiazole rings is 1. The van der Waals surface area contributed by atoms with Gasteiger partial charge in [0.2, 0.25) is 0 Å². The summed E-state index contributed by atoms with van der Waals surface area (Å²) in [7, 11) is -4.17. The van der Waals surface area contributed by atoms with E-state index >= 15 is 4.39 Å². The van der Waals surface area contributed by atoms with Crippen LogP contribution in [0.4, 0.5) is 15.1 Å². The topological polar surface area (TPSA) is 79.4 Å². The number of nitrogens with one attached hydrogen (secondary N) is 1. The first kappa shape index (κ1) is 22.2. The van der Waals surface area contributed by atoms with E-state index in [9.17, 15) is 13.2 Å². The fourth-order valence-electron chi connectivity index (χ4n) is 3.17. The van der Waals surface area contributed by atoms with Gasteiger partial charge in [-0.25, -0.2) is 17.8 Å². The molecule has 2 heterocycles. The predicted molar refractivity (Wildman–Crippen MR) is 123 cm³/mol. The van der Waals surface area contributed by atoms with E-state index in [-0.39, 0.29) is 17.1 Å². The summed E-state index contributed by atoms with van der Waals surface area (Å²) in [6.45, 7) is -0.749. The summed E-state index contributed by atoms with van der Waals surface area (Å²) < 4.78 is 42.0. The second kappa shape index (κ2) is 8.50. The number of amides is 1. The number of rotatable bonds is 4. The minimum atomic E-state index is -4.17. The van der Waals surface area contributed by atoms with Crippen molar-refractivity contribution in [2.75, 3.05) is 24.2 Å². The number of benzene rings is 2. The lowest BCUT2D eigenvalue weighted by Gasteiger charge is -2.35. The van der Waals surface area contributed by atoms with Crippen LogP contribution in [0, 0.1) is 0 Å². The zero-order chi connectivity index (χ0) is 22.2. The lowest BCUT2D eigenvalue weighted by atomic mass is 10.2. The minimum Gasteiger partial charge on any atom is -0.346 e. The predicted octanol–water partition coefficient (Wildman–Crippen LogP) is 5.00. The van der Waals surface area contributed by atoms with Gasteiger partial charge in [0.05, 0.1) is 23.5 Å². The van der Waals surface area contributed by atoms with E-state index in [4.69, 9.17) is 11.6 Å². The quantitative estimate of drug-likeness (QED) is 0.500. The first-order valence-corrected chi connectivity index (χ1v) is 12.8. The van der Waals surface area contributed by atoms with Crippen molar-refractivity contribution in [3.05, 3.63) is 74.8 Å². The molecule has 1 atom stereocenters. The number of aromatic nitrogens is 1. The van der Waals surface area contributed by atoms with Gasteiger partial charge >= 0.3 is 0 Å². The van der Waals surface area contributed by atoms with Crippen molar-refractivity contribution in [1.29, 1.82) is 0 Å². The maximum absolute atomic E-state index is 16.0. The summed E-state index contributed by atoms with van der Waals surface area (Å²) in [4.78, 5) is 18.1. The molecule has 3 aromatic rings. The summed E-state index contributed by atoms with van der Waals surface area (Å²) in [6, 6.07) is 13.8. The van der Waals surface area contributed by atoms with E-state index < -0.39 is 33.0 Å². The molecule has 1 saturated heterocycles. The van der Waals surface area contributed by atoms with E-state index in [0.29, 0.717) is 14.5 Å². The summed E-state index contributed by atoms with van der Waals surface area (Å²) in [5.41, 5.74) is 1.02. The first-order valence-electron chi connectivity index (χ1n) is 9.13. The standard InChI is InChI=1S/C20H16BrClFN3O3S2/c21-15-7-6-13(10-16(15)22)18(27)26-8-9-31(28,29)20(23,12-26)19-24-11-17(30-19)25-14-4-2-1-3-5-14/h1-7,10-11,25H,8-9,12H2/t20-/m1/s1. The molecule has 0 aliphatic carbocycles.